The number of pyridine rings is 1. The van der Waals surface area contributed by atoms with E-state index in [2.05, 4.69) is 31.1 Å². The fourth-order valence-electron chi connectivity index (χ4n) is 3.08. The van der Waals surface area contributed by atoms with Crippen molar-refractivity contribution in [3.05, 3.63) is 65.9 Å². The molecule has 0 spiro atoms. The third-order valence-corrected chi connectivity index (χ3v) is 4.63. The van der Waals surface area contributed by atoms with E-state index in [4.69, 9.17) is 4.74 Å². The predicted octanol–water partition coefficient (Wildman–Crippen LogP) is 2.66. The van der Waals surface area contributed by atoms with Crippen molar-refractivity contribution >= 4 is 29.0 Å². The predicted molar refractivity (Wildman–Crippen MR) is 115 cm³/mol. The van der Waals surface area contributed by atoms with Crippen LogP contribution in [0.15, 0.2) is 48.8 Å². The molecule has 4 rings (SSSR count). The summed E-state index contributed by atoms with van der Waals surface area (Å²) in [6.07, 6.45) is 2.64. The number of morpholine rings is 1. The highest BCUT2D eigenvalue weighted by Gasteiger charge is 2.18. The van der Waals surface area contributed by atoms with Crippen LogP contribution in [0, 0.1) is 12.7 Å². The second-order valence-electron chi connectivity index (χ2n) is 6.97. The van der Waals surface area contributed by atoms with E-state index < -0.39 is 11.7 Å². The van der Waals surface area contributed by atoms with Gasteiger partial charge in [-0.05, 0) is 36.8 Å². The maximum atomic E-state index is 14.1. The first-order valence-corrected chi connectivity index (χ1v) is 9.80. The molecule has 160 valence electrons. The highest BCUT2D eigenvalue weighted by Crippen LogP contribution is 2.19. The number of amides is 1. The molecule has 10 heteroatoms. The van der Waals surface area contributed by atoms with Crippen molar-refractivity contribution in [2.24, 2.45) is 0 Å². The average molecular weight is 423 g/mol. The molecule has 0 radical (unpaired) electrons. The summed E-state index contributed by atoms with van der Waals surface area (Å²) >= 11 is 0. The summed E-state index contributed by atoms with van der Waals surface area (Å²) in [6, 6.07) is 11.3. The minimum atomic E-state index is -0.530. The summed E-state index contributed by atoms with van der Waals surface area (Å²) in [5.41, 5.74) is 8.12. The minimum absolute atomic E-state index is 0.0778. The topological polar surface area (TPSA) is 104 Å². The van der Waals surface area contributed by atoms with Crippen LogP contribution in [0.2, 0.25) is 0 Å². The lowest BCUT2D eigenvalue weighted by Crippen LogP contribution is -2.38. The quantitative estimate of drug-likeness (QED) is 0.520. The summed E-state index contributed by atoms with van der Waals surface area (Å²) in [7, 11) is 0. The Bertz CT molecular complexity index is 1060. The number of nitrogens with one attached hydrogen (secondary N) is 3. The molecule has 1 aliphatic heterocycles. The van der Waals surface area contributed by atoms with Gasteiger partial charge in [0.25, 0.3) is 5.91 Å². The van der Waals surface area contributed by atoms with Gasteiger partial charge in [-0.25, -0.2) is 14.4 Å². The van der Waals surface area contributed by atoms with Crippen LogP contribution in [0.25, 0.3) is 0 Å². The highest BCUT2D eigenvalue weighted by molar-refractivity contribution is 5.93. The molecule has 1 fully saturated rings. The lowest BCUT2D eigenvalue weighted by Gasteiger charge is -2.28. The SMILES string of the molecule is Cc1cccc(Nc2ccc(C(=O)NNc3ncc(F)c(N4CCOCC4)n3)nc2)c1. The molecule has 2 aromatic heterocycles. The monoisotopic (exact) mass is 423 g/mol. The van der Waals surface area contributed by atoms with E-state index in [0.29, 0.717) is 26.3 Å². The average Bonchev–Trinajstić information content (AvgIpc) is 2.79. The van der Waals surface area contributed by atoms with Crippen molar-refractivity contribution in [2.45, 2.75) is 6.92 Å². The van der Waals surface area contributed by atoms with Crippen LogP contribution in [0.4, 0.5) is 27.5 Å². The maximum Gasteiger partial charge on any atom is 0.288 e. The second-order valence-corrected chi connectivity index (χ2v) is 6.97. The van der Waals surface area contributed by atoms with E-state index in [9.17, 15) is 9.18 Å². The number of carbonyl (C=O) groups excluding carboxylic acids is 1. The van der Waals surface area contributed by atoms with Gasteiger partial charge in [-0.2, -0.15) is 4.98 Å². The number of aromatic nitrogens is 3. The van der Waals surface area contributed by atoms with Crippen molar-refractivity contribution < 1.29 is 13.9 Å². The van der Waals surface area contributed by atoms with Crippen LogP contribution < -0.4 is 21.1 Å². The zero-order valence-electron chi connectivity index (χ0n) is 16.9. The highest BCUT2D eigenvalue weighted by atomic mass is 19.1. The second kappa shape index (κ2) is 9.35. The molecule has 1 aliphatic rings. The standard InChI is InChI=1S/C21H22FN7O2/c1-14-3-2-4-15(11-14)25-16-5-6-18(23-12-16)20(30)27-28-21-24-13-17(22)19(26-21)29-7-9-31-10-8-29/h2-6,11-13,25H,7-10H2,1H3,(H,27,30)(H,24,26,28). The third kappa shape index (κ3) is 5.23. The van der Waals surface area contributed by atoms with E-state index in [1.54, 1.807) is 23.2 Å². The van der Waals surface area contributed by atoms with Gasteiger partial charge in [0.2, 0.25) is 5.95 Å². The van der Waals surface area contributed by atoms with Crippen LogP contribution in [0.3, 0.4) is 0 Å². The summed E-state index contributed by atoms with van der Waals surface area (Å²) in [4.78, 5) is 26.3. The van der Waals surface area contributed by atoms with Crippen molar-refractivity contribution in [2.75, 3.05) is 41.9 Å². The van der Waals surface area contributed by atoms with Gasteiger partial charge in [-0.1, -0.05) is 12.1 Å². The summed E-state index contributed by atoms with van der Waals surface area (Å²) in [6.45, 7) is 4.09. The zero-order valence-corrected chi connectivity index (χ0v) is 16.9. The Balaban J connectivity index is 1.36. The fraction of sp³-hybridized carbons (Fsp3) is 0.238. The lowest BCUT2D eigenvalue weighted by molar-refractivity contribution is 0.0957. The van der Waals surface area contributed by atoms with Crippen molar-refractivity contribution in [1.82, 2.24) is 20.4 Å². The molecule has 1 saturated heterocycles. The Labute approximate surface area is 178 Å². The molecular weight excluding hydrogens is 401 g/mol. The van der Waals surface area contributed by atoms with E-state index in [1.165, 1.54) is 0 Å². The number of ether oxygens (including phenoxy) is 1. The number of benzene rings is 1. The number of hydrogen-bond acceptors (Lipinski definition) is 8. The van der Waals surface area contributed by atoms with Crippen LogP contribution in [0.5, 0.6) is 0 Å². The van der Waals surface area contributed by atoms with E-state index in [-0.39, 0.29) is 17.5 Å². The van der Waals surface area contributed by atoms with Gasteiger partial charge in [-0.15, -0.1) is 0 Å². The van der Waals surface area contributed by atoms with Crippen LogP contribution in [-0.2, 0) is 4.74 Å². The number of carbonyl (C=O) groups is 1. The molecule has 0 unspecified atom stereocenters. The van der Waals surface area contributed by atoms with Gasteiger partial charge in [0, 0.05) is 18.8 Å². The first-order valence-electron chi connectivity index (χ1n) is 9.80. The Morgan fingerprint density at radius 2 is 1.94 bits per heavy atom. The Hall–Kier alpha value is -3.79. The molecule has 1 amide bonds. The largest absolute Gasteiger partial charge is 0.378 e. The summed E-state index contributed by atoms with van der Waals surface area (Å²) < 4.78 is 19.4. The molecule has 1 aromatic carbocycles. The minimum Gasteiger partial charge on any atom is -0.378 e. The Kier molecular flexibility index (Phi) is 6.18. The first kappa shape index (κ1) is 20.5. The van der Waals surface area contributed by atoms with Gasteiger partial charge in [-0.3, -0.25) is 15.6 Å². The molecule has 31 heavy (non-hydrogen) atoms. The molecule has 3 heterocycles. The molecule has 0 saturated carbocycles. The van der Waals surface area contributed by atoms with Crippen molar-refractivity contribution in [3.8, 4) is 0 Å². The van der Waals surface area contributed by atoms with Crippen LogP contribution >= 0.6 is 0 Å². The van der Waals surface area contributed by atoms with Crippen LogP contribution in [0.1, 0.15) is 16.1 Å². The normalized spacial score (nSPS) is 13.5. The number of anilines is 4. The molecule has 3 aromatic rings. The smallest absolute Gasteiger partial charge is 0.288 e. The number of aryl methyl sites for hydroxylation is 1. The maximum absolute atomic E-state index is 14.1. The molecule has 9 nitrogen and oxygen atoms in total. The van der Waals surface area contributed by atoms with Crippen LogP contribution in [-0.4, -0.2) is 47.2 Å². The molecule has 0 bridgehead atoms. The molecular formula is C21H22FN7O2. The first-order chi connectivity index (χ1) is 15.1. The third-order valence-electron chi connectivity index (χ3n) is 4.63. The summed E-state index contributed by atoms with van der Waals surface area (Å²) in [5.74, 6) is -0.756. The van der Waals surface area contributed by atoms with Gasteiger partial charge < -0.3 is 15.0 Å². The number of hydrazine groups is 1. The van der Waals surface area contributed by atoms with Crippen molar-refractivity contribution in [3.63, 3.8) is 0 Å². The molecule has 0 atom stereocenters. The Morgan fingerprint density at radius 3 is 2.68 bits per heavy atom. The van der Waals surface area contributed by atoms with E-state index >= 15 is 0 Å². The number of halogens is 1. The van der Waals surface area contributed by atoms with Gasteiger partial charge in [0.05, 0.1) is 31.3 Å². The van der Waals surface area contributed by atoms with Crippen molar-refractivity contribution in [1.29, 1.82) is 0 Å². The van der Waals surface area contributed by atoms with Gasteiger partial charge in [0.1, 0.15) is 5.69 Å². The molecule has 0 aliphatic carbocycles. The van der Waals surface area contributed by atoms with Gasteiger partial charge >= 0.3 is 0 Å². The van der Waals surface area contributed by atoms with E-state index in [1.807, 2.05) is 31.2 Å². The fourth-order valence-corrected chi connectivity index (χ4v) is 3.08. The van der Waals surface area contributed by atoms with E-state index in [0.717, 1.165) is 23.1 Å². The number of nitrogens with zero attached hydrogens (tertiary/aromatic N) is 4. The zero-order chi connectivity index (χ0) is 21.6. The summed E-state index contributed by atoms with van der Waals surface area (Å²) in [5, 5.41) is 3.23. The number of rotatable bonds is 6. The number of hydrogen-bond donors (Lipinski definition) is 3. The lowest BCUT2D eigenvalue weighted by atomic mass is 10.2. The van der Waals surface area contributed by atoms with Gasteiger partial charge in [0.15, 0.2) is 11.6 Å². The Morgan fingerprint density at radius 1 is 1.10 bits per heavy atom. The molecule has 3 N–H and O–H groups in total.